The molecule has 2 aromatic carbocycles. The van der Waals surface area contributed by atoms with Crippen LogP contribution in [0.15, 0.2) is 64.2 Å². The van der Waals surface area contributed by atoms with Crippen molar-refractivity contribution in [2.24, 2.45) is 10.7 Å². The van der Waals surface area contributed by atoms with Crippen molar-refractivity contribution in [1.82, 2.24) is 0 Å². The van der Waals surface area contributed by atoms with E-state index in [1.165, 1.54) is 35.4 Å². The minimum atomic E-state index is -4.70. The summed E-state index contributed by atoms with van der Waals surface area (Å²) in [7, 11) is 0. The van der Waals surface area contributed by atoms with Crippen molar-refractivity contribution in [2.45, 2.75) is 18.4 Å². The van der Waals surface area contributed by atoms with Crippen molar-refractivity contribution < 1.29 is 37.0 Å². The number of halogens is 4. The first-order valence-corrected chi connectivity index (χ1v) is 10.1. The summed E-state index contributed by atoms with van der Waals surface area (Å²) in [6.07, 6.45) is -5.47. The lowest BCUT2D eigenvalue weighted by atomic mass is 10.1. The molecular weight excluding hydrogens is 474 g/mol. The molecule has 0 fully saturated rings. The fourth-order valence-corrected chi connectivity index (χ4v) is 3.46. The van der Waals surface area contributed by atoms with Gasteiger partial charge < -0.3 is 35.9 Å². The second-order valence-corrected chi connectivity index (χ2v) is 7.48. The number of benzene rings is 2. The molecule has 0 radical (unpaired) electrons. The summed E-state index contributed by atoms with van der Waals surface area (Å²) in [5.41, 5.74) is 5.79. The number of carbonyl (C=O) groups is 1. The number of alkyl halides is 3. The number of aliphatic hydroxyl groups excluding tert-OH is 2. The fraction of sp³-hybridized carbons (Fsp3) is 0.182. The van der Waals surface area contributed by atoms with Gasteiger partial charge in [-0.15, -0.1) is 0 Å². The number of anilines is 3. The van der Waals surface area contributed by atoms with Crippen molar-refractivity contribution in [3.05, 3.63) is 71.7 Å². The Morgan fingerprint density at radius 2 is 1.89 bits per heavy atom. The minimum Gasteiger partial charge on any atom is -0.446 e. The van der Waals surface area contributed by atoms with Crippen LogP contribution in [0.2, 0.25) is 0 Å². The molecular formula is C22H19F4N5O4. The lowest BCUT2D eigenvalue weighted by Crippen LogP contribution is -2.47. The zero-order chi connectivity index (χ0) is 25.3. The van der Waals surface area contributed by atoms with Crippen LogP contribution in [0.3, 0.4) is 0 Å². The lowest BCUT2D eigenvalue weighted by Gasteiger charge is -2.35. The minimum absolute atomic E-state index is 0.0425. The number of amides is 2. The summed E-state index contributed by atoms with van der Waals surface area (Å²) in [6.45, 7) is -0.621. The quantitative estimate of drug-likeness (QED) is 0.342. The van der Waals surface area contributed by atoms with Gasteiger partial charge >= 0.3 is 12.2 Å². The topological polar surface area (TPSA) is 136 Å². The number of nitrogens with one attached hydrogen (secondary N) is 2. The van der Waals surface area contributed by atoms with Gasteiger partial charge in [0.15, 0.2) is 0 Å². The van der Waals surface area contributed by atoms with E-state index in [1.807, 2.05) is 5.32 Å². The van der Waals surface area contributed by atoms with Crippen molar-refractivity contribution in [1.29, 1.82) is 0 Å². The monoisotopic (exact) mass is 493 g/mol. The molecule has 4 rings (SSSR count). The van der Waals surface area contributed by atoms with Crippen molar-refractivity contribution in [3.8, 4) is 0 Å². The molecule has 3 aromatic rings. The zero-order valence-electron chi connectivity index (χ0n) is 17.8. The van der Waals surface area contributed by atoms with Gasteiger partial charge in [-0.1, -0.05) is 0 Å². The van der Waals surface area contributed by atoms with Gasteiger partial charge in [-0.25, -0.2) is 9.18 Å². The number of carbonyl (C=O) groups excluding carboxylic acids is 1. The van der Waals surface area contributed by atoms with Gasteiger partial charge in [0.05, 0.1) is 29.7 Å². The summed E-state index contributed by atoms with van der Waals surface area (Å²) >= 11 is 0. The predicted molar refractivity (Wildman–Crippen MR) is 119 cm³/mol. The number of hydrogen-bond donors (Lipinski definition) is 5. The zero-order valence-corrected chi connectivity index (χ0v) is 17.8. The molecule has 0 aliphatic carbocycles. The molecule has 6 N–H and O–H groups in total. The van der Waals surface area contributed by atoms with E-state index in [0.717, 1.165) is 0 Å². The third kappa shape index (κ3) is 4.96. The Labute approximate surface area is 195 Å². The van der Waals surface area contributed by atoms with Crippen molar-refractivity contribution in [2.75, 3.05) is 22.1 Å². The highest BCUT2D eigenvalue weighted by Gasteiger charge is 2.34. The van der Waals surface area contributed by atoms with E-state index in [2.05, 4.69) is 10.3 Å². The van der Waals surface area contributed by atoms with E-state index in [-0.39, 0.29) is 17.4 Å². The third-order valence-corrected chi connectivity index (χ3v) is 5.15. The Morgan fingerprint density at radius 1 is 1.17 bits per heavy atom. The highest BCUT2D eigenvalue weighted by atomic mass is 19.4. The van der Waals surface area contributed by atoms with Crippen molar-refractivity contribution >= 4 is 34.8 Å². The Balaban J connectivity index is 1.51. The first-order chi connectivity index (χ1) is 16.6. The smallest absolute Gasteiger partial charge is 0.416 e. The molecule has 2 unspecified atom stereocenters. The normalized spacial score (nSPS) is 16.4. The second-order valence-electron chi connectivity index (χ2n) is 7.48. The molecule has 0 spiro atoms. The second kappa shape index (κ2) is 9.37. The number of urea groups is 1. The predicted octanol–water partition coefficient (Wildman–Crippen LogP) is 3.94. The number of hydrogen-bond acceptors (Lipinski definition) is 7. The SMILES string of the molecule is NC1c2ccoc2N=C(C(O)CO)N1c1ccc(NC(=O)Nc2cc(C(F)(F)F)ccc2F)cc1. The Hall–Kier alpha value is -3.94. The molecule has 9 nitrogen and oxygen atoms in total. The average molecular weight is 493 g/mol. The molecule has 1 aliphatic heterocycles. The number of nitrogens with zero attached hydrogens (tertiary/aromatic N) is 2. The highest BCUT2D eigenvalue weighted by Crippen LogP contribution is 2.37. The van der Waals surface area contributed by atoms with Crippen LogP contribution in [0, 0.1) is 5.82 Å². The summed E-state index contributed by atoms with van der Waals surface area (Å²) < 4.78 is 57.7. The molecule has 13 heteroatoms. The molecule has 2 amide bonds. The van der Waals surface area contributed by atoms with Gasteiger partial charge in [-0.3, -0.25) is 0 Å². The van der Waals surface area contributed by atoms with E-state index in [4.69, 9.17) is 10.2 Å². The lowest BCUT2D eigenvalue weighted by molar-refractivity contribution is -0.137. The van der Waals surface area contributed by atoms with Gasteiger partial charge in [0, 0.05) is 11.4 Å². The van der Waals surface area contributed by atoms with Crippen LogP contribution < -0.4 is 21.3 Å². The highest BCUT2D eigenvalue weighted by molar-refractivity contribution is 6.04. The van der Waals surface area contributed by atoms with Crippen LogP contribution in [-0.2, 0) is 6.18 Å². The summed E-state index contributed by atoms with van der Waals surface area (Å²) in [5.74, 6) is -0.788. The number of rotatable bonds is 5. The van der Waals surface area contributed by atoms with E-state index in [0.29, 0.717) is 29.4 Å². The molecule has 2 heterocycles. The van der Waals surface area contributed by atoms with E-state index in [1.54, 1.807) is 6.07 Å². The molecule has 0 bridgehead atoms. The largest absolute Gasteiger partial charge is 0.446 e. The van der Waals surface area contributed by atoms with Crippen LogP contribution in [0.1, 0.15) is 17.3 Å². The first kappa shape index (κ1) is 24.2. The number of nitrogens with two attached hydrogens (primary N) is 1. The van der Waals surface area contributed by atoms with Gasteiger partial charge in [0.1, 0.15) is 23.9 Å². The maximum absolute atomic E-state index is 13.9. The summed E-state index contributed by atoms with van der Waals surface area (Å²) in [5, 5.41) is 24.1. The Morgan fingerprint density at radius 3 is 2.54 bits per heavy atom. The van der Waals surface area contributed by atoms with E-state index < -0.39 is 48.2 Å². The van der Waals surface area contributed by atoms with Crippen LogP contribution in [0.25, 0.3) is 0 Å². The summed E-state index contributed by atoms with van der Waals surface area (Å²) in [4.78, 5) is 17.9. The van der Waals surface area contributed by atoms with Gasteiger partial charge in [0.25, 0.3) is 0 Å². The molecule has 0 saturated heterocycles. The van der Waals surface area contributed by atoms with Gasteiger partial charge in [0.2, 0.25) is 5.88 Å². The number of aliphatic imine (C=N–C) groups is 1. The maximum atomic E-state index is 13.9. The summed E-state index contributed by atoms with van der Waals surface area (Å²) in [6, 6.07) is 8.30. The molecule has 1 aliphatic rings. The maximum Gasteiger partial charge on any atom is 0.416 e. The van der Waals surface area contributed by atoms with E-state index in [9.17, 15) is 32.6 Å². The van der Waals surface area contributed by atoms with Crippen LogP contribution in [0.5, 0.6) is 0 Å². The van der Waals surface area contributed by atoms with Crippen LogP contribution in [-0.4, -0.2) is 34.8 Å². The van der Waals surface area contributed by atoms with Crippen molar-refractivity contribution in [3.63, 3.8) is 0 Å². The van der Waals surface area contributed by atoms with Crippen LogP contribution in [0.4, 0.5) is 45.3 Å². The molecule has 0 saturated carbocycles. The molecule has 35 heavy (non-hydrogen) atoms. The van der Waals surface area contributed by atoms with E-state index >= 15 is 0 Å². The van der Waals surface area contributed by atoms with Crippen LogP contribution >= 0.6 is 0 Å². The number of fused-ring (bicyclic) bond motifs is 1. The van der Waals surface area contributed by atoms with Gasteiger partial charge in [-0.05, 0) is 48.5 Å². The molecule has 184 valence electrons. The van der Waals surface area contributed by atoms with Gasteiger partial charge in [-0.2, -0.15) is 18.2 Å². The number of amidine groups is 1. The third-order valence-electron chi connectivity index (χ3n) is 5.15. The first-order valence-electron chi connectivity index (χ1n) is 10.1. The average Bonchev–Trinajstić information content (AvgIpc) is 3.29. The fourth-order valence-electron chi connectivity index (χ4n) is 3.46. The molecule has 2 atom stereocenters. The Kier molecular flexibility index (Phi) is 6.47. The number of aliphatic hydroxyl groups is 2. The molecule has 1 aromatic heterocycles. The standard InChI is InChI=1S/C22H19F4N5O4/c23-15-6-1-11(22(24,25)26)9-16(15)29-21(34)28-12-2-4-13(5-3-12)31-18(27)14-7-8-35-20(14)30-19(31)17(33)10-32/h1-9,17-18,32-33H,10,27H2,(H2,28,29,34). The number of furan rings is 1. The Bertz CT molecular complexity index is 1260.